The highest BCUT2D eigenvalue weighted by Gasteiger charge is 2.32. The van der Waals surface area contributed by atoms with E-state index in [1.165, 1.54) is 13.1 Å². The standard InChI is InChI=1S/C14H13N3O3/c1-17-12(18)6-5-11(14(17)20)16-13(19)10-4-2-3-9(7-10)8-15/h2-4,7,11H,5-6H2,1H3,(H,16,19). The van der Waals surface area contributed by atoms with Gasteiger partial charge in [-0.1, -0.05) is 6.07 Å². The Labute approximate surface area is 116 Å². The number of hydrogen-bond donors (Lipinski definition) is 1. The van der Waals surface area contributed by atoms with Crippen LogP contribution in [0.25, 0.3) is 0 Å². The SMILES string of the molecule is CN1C(=O)CCC(NC(=O)c2cccc(C#N)c2)C1=O. The molecule has 0 spiro atoms. The van der Waals surface area contributed by atoms with Gasteiger partial charge in [0.2, 0.25) is 5.91 Å². The van der Waals surface area contributed by atoms with Crippen LogP contribution in [0.5, 0.6) is 0 Å². The van der Waals surface area contributed by atoms with Gasteiger partial charge in [-0.3, -0.25) is 19.3 Å². The number of carbonyl (C=O) groups is 3. The summed E-state index contributed by atoms with van der Waals surface area (Å²) in [5, 5.41) is 11.4. The van der Waals surface area contributed by atoms with Gasteiger partial charge in [-0.15, -0.1) is 0 Å². The summed E-state index contributed by atoms with van der Waals surface area (Å²) in [7, 11) is 1.40. The molecule has 0 saturated carbocycles. The molecule has 1 fully saturated rings. The highest BCUT2D eigenvalue weighted by atomic mass is 16.2. The van der Waals surface area contributed by atoms with Gasteiger partial charge in [0.05, 0.1) is 11.6 Å². The molecule has 20 heavy (non-hydrogen) atoms. The van der Waals surface area contributed by atoms with E-state index in [9.17, 15) is 14.4 Å². The average Bonchev–Trinajstić information content (AvgIpc) is 2.48. The second kappa shape index (κ2) is 5.53. The molecule has 3 amide bonds. The van der Waals surface area contributed by atoms with E-state index in [-0.39, 0.29) is 12.3 Å². The Hall–Kier alpha value is -2.68. The van der Waals surface area contributed by atoms with Crippen molar-refractivity contribution in [2.45, 2.75) is 18.9 Å². The van der Waals surface area contributed by atoms with E-state index in [0.717, 1.165) is 4.90 Å². The monoisotopic (exact) mass is 271 g/mol. The average molecular weight is 271 g/mol. The molecule has 1 atom stereocenters. The largest absolute Gasteiger partial charge is 0.340 e. The zero-order chi connectivity index (χ0) is 14.7. The molecular weight excluding hydrogens is 258 g/mol. The van der Waals surface area contributed by atoms with Crippen molar-refractivity contribution in [3.05, 3.63) is 35.4 Å². The lowest BCUT2D eigenvalue weighted by Crippen LogP contribution is -2.52. The normalized spacial score (nSPS) is 18.6. The molecule has 1 unspecified atom stereocenters. The summed E-state index contributed by atoms with van der Waals surface area (Å²) < 4.78 is 0. The van der Waals surface area contributed by atoms with Crippen LogP contribution in [0.1, 0.15) is 28.8 Å². The van der Waals surface area contributed by atoms with Crippen LogP contribution in [-0.2, 0) is 9.59 Å². The first-order valence-corrected chi connectivity index (χ1v) is 6.14. The third kappa shape index (κ3) is 2.67. The van der Waals surface area contributed by atoms with Crippen LogP contribution in [0.15, 0.2) is 24.3 Å². The summed E-state index contributed by atoms with van der Waals surface area (Å²) in [6.45, 7) is 0. The van der Waals surface area contributed by atoms with Crippen LogP contribution >= 0.6 is 0 Å². The minimum atomic E-state index is -0.698. The Morgan fingerprint density at radius 3 is 2.90 bits per heavy atom. The van der Waals surface area contributed by atoms with Crippen LogP contribution in [0.4, 0.5) is 0 Å². The van der Waals surface area contributed by atoms with Crippen LogP contribution in [0, 0.1) is 11.3 Å². The van der Waals surface area contributed by atoms with Crippen molar-refractivity contribution in [3.8, 4) is 6.07 Å². The Bertz CT molecular complexity index is 618. The first-order chi connectivity index (χ1) is 9.52. The molecule has 0 aliphatic carbocycles. The highest BCUT2D eigenvalue weighted by molar-refractivity contribution is 6.03. The van der Waals surface area contributed by atoms with Gasteiger partial charge in [0.1, 0.15) is 6.04 Å². The fourth-order valence-electron chi connectivity index (χ4n) is 2.02. The van der Waals surface area contributed by atoms with Crippen molar-refractivity contribution in [1.29, 1.82) is 5.26 Å². The molecule has 1 aromatic rings. The summed E-state index contributed by atoms with van der Waals surface area (Å²) in [5.41, 5.74) is 0.691. The molecule has 0 radical (unpaired) electrons. The molecule has 1 heterocycles. The fourth-order valence-corrected chi connectivity index (χ4v) is 2.02. The number of benzene rings is 1. The quantitative estimate of drug-likeness (QED) is 0.790. The van der Waals surface area contributed by atoms with Gasteiger partial charge in [-0.25, -0.2) is 0 Å². The van der Waals surface area contributed by atoms with Crippen LogP contribution in [0.3, 0.4) is 0 Å². The maximum absolute atomic E-state index is 12.0. The Morgan fingerprint density at radius 2 is 2.20 bits per heavy atom. The first kappa shape index (κ1) is 13.7. The topological polar surface area (TPSA) is 90.3 Å². The third-order valence-corrected chi connectivity index (χ3v) is 3.21. The van der Waals surface area contributed by atoms with Crippen LogP contribution in [0.2, 0.25) is 0 Å². The van der Waals surface area contributed by atoms with E-state index in [0.29, 0.717) is 17.5 Å². The van der Waals surface area contributed by atoms with Crippen molar-refractivity contribution in [1.82, 2.24) is 10.2 Å². The van der Waals surface area contributed by atoms with E-state index in [1.807, 2.05) is 6.07 Å². The van der Waals surface area contributed by atoms with Gasteiger partial charge in [0.25, 0.3) is 11.8 Å². The summed E-state index contributed by atoms with van der Waals surface area (Å²) in [5.74, 6) is -1.08. The minimum absolute atomic E-state index is 0.228. The lowest BCUT2D eigenvalue weighted by atomic mass is 10.0. The molecule has 0 aromatic heterocycles. The number of likely N-dealkylation sites (N-methyl/N-ethyl adjacent to an activating group) is 1. The highest BCUT2D eigenvalue weighted by Crippen LogP contribution is 2.12. The zero-order valence-corrected chi connectivity index (χ0v) is 10.9. The van der Waals surface area contributed by atoms with Crippen molar-refractivity contribution in [2.75, 3.05) is 7.05 Å². The number of hydrogen-bond acceptors (Lipinski definition) is 4. The second-order valence-corrected chi connectivity index (χ2v) is 4.55. The number of rotatable bonds is 2. The van der Waals surface area contributed by atoms with Crippen LogP contribution < -0.4 is 5.32 Å². The molecular formula is C14H13N3O3. The number of carbonyl (C=O) groups excluding carboxylic acids is 3. The van der Waals surface area contributed by atoms with Crippen molar-refractivity contribution >= 4 is 17.7 Å². The minimum Gasteiger partial charge on any atom is -0.340 e. The third-order valence-electron chi connectivity index (χ3n) is 3.21. The second-order valence-electron chi connectivity index (χ2n) is 4.55. The molecule has 1 aliphatic heterocycles. The van der Waals surface area contributed by atoms with E-state index >= 15 is 0 Å². The van der Waals surface area contributed by atoms with Crippen LogP contribution in [-0.4, -0.2) is 35.7 Å². The van der Waals surface area contributed by atoms with Crippen molar-refractivity contribution < 1.29 is 14.4 Å². The van der Waals surface area contributed by atoms with Gasteiger partial charge < -0.3 is 5.32 Å². The molecule has 1 saturated heterocycles. The number of nitriles is 1. The van der Waals surface area contributed by atoms with E-state index in [1.54, 1.807) is 18.2 Å². The number of imide groups is 1. The first-order valence-electron chi connectivity index (χ1n) is 6.14. The summed E-state index contributed by atoms with van der Waals surface area (Å²) in [6.07, 6.45) is 0.525. The predicted octanol–water partition coefficient (Wildman–Crippen LogP) is 0.435. The summed E-state index contributed by atoms with van der Waals surface area (Å²) in [4.78, 5) is 36.3. The zero-order valence-electron chi connectivity index (χ0n) is 10.9. The smallest absolute Gasteiger partial charge is 0.251 e. The summed E-state index contributed by atoms with van der Waals surface area (Å²) in [6, 6.07) is 7.47. The number of piperidine rings is 1. The van der Waals surface area contributed by atoms with Gasteiger partial charge in [0, 0.05) is 19.0 Å². The van der Waals surface area contributed by atoms with Gasteiger partial charge in [0.15, 0.2) is 0 Å². The molecule has 1 aliphatic rings. The Kier molecular flexibility index (Phi) is 3.80. The summed E-state index contributed by atoms with van der Waals surface area (Å²) >= 11 is 0. The van der Waals surface area contributed by atoms with Gasteiger partial charge >= 0.3 is 0 Å². The Balaban J connectivity index is 2.10. The lowest BCUT2D eigenvalue weighted by molar-refractivity contribution is -0.147. The van der Waals surface area contributed by atoms with Crippen molar-refractivity contribution in [2.24, 2.45) is 0 Å². The van der Waals surface area contributed by atoms with E-state index < -0.39 is 17.9 Å². The molecule has 2 rings (SSSR count). The van der Waals surface area contributed by atoms with E-state index in [2.05, 4.69) is 5.32 Å². The number of nitrogens with zero attached hydrogens (tertiary/aromatic N) is 2. The van der Waals surface area contributed by atoms with E-state index in [4.69, 9.17) is 5.26 Å². The predicted molar refractivity (Wildman–Crippen MR) is 69.4 cm³/mol. The maximum Gasteiger partial charge on any atom is 0.251 e. The fraction of sp³-hybridized carbons (Fsp3) is 0.286. The molecule has 1 aromatic carbocycles. The number of nitrogens with one attached hydrogen (secondary N) is 1. The van der Waals surface area contributed by atoms with Gasteiger partial charge in [-0.2, -0.15) is 5.26 Å². The number of likely N-dealkylation sites (tertiary alicyclic amines) is 1. The molecule has 6 nitrogen and oxygen atoms in total. The number of amides is 3. The lowest BCUT2D eigenvalue weighted by Gasteiger charge is -2.28. The van der Waals surface area contributed by atoms with Crippen molar-refractivity contribution in [3.63, 3.8) is 0 Å². The molecule has 1 N–H and O–H groups in total. The molecule has 0 bridgehead atoms. The maximum atomic E-state index is 12.0. The Morgan fingerprint density at radius 1 is 1.45 bits per heavy atom. The van der Waals surface area contributed by atoms with Gasteiger partial charge in [-0.05, 0) is 24.6 Å². The molecule has 6 heteroatoms. The molecule has 102 valence electrons.